The molecule has 9 rings (SSSR count). The number of benzene rings is 6. The van der Waals surface area contributed by atoms with Gasteiger partial charge >= 0.3 is 5.97 Å². The fraction of sp³-hybridized carbons (Fsp3) is 0.128. The van der Waals surface area contributed by atoms with Crippen molar-refractivity contribution in [3.05, 3.63) is 170 Å². The second kappa shape index (κ2) is 12.6. The second-order valence-electron chi connectivity index (χ2n) is 13.7. The maximum atomic E-state index is 13.1. The number of rotatable bonds is 8. The molecule has 4 nitrogen and oxygen atoms in total. The van der Waals surface area contributed by atoms with Crippen LogP contribution in [0.15, 0.2) is 165 Å². The van der Waals surface area contributed by atoms with Crippen LogP contribution < -0.4 is 0 Å². The Morgan fingerprint density at radius 3 is 1.59 bits per heavy atom. The van der Waals surface area contributed by atoms with Gasteiger partial charge in [-0.1, -0.05) is 97.1 Å². The Morgan fingerprint density at radius 2 is 1.08 bits per heavy atom. The van der Waals surface area contributed by atoms with Crippen molar-refractivity contribution in [3.8, 4) is 22.5 Å². The van der Waals surface area contributed by atoms with Crippen LogP contribution in [0.3, 0.4) is 0 Å². The number of fused-ring (bicyclic) bond motifs is 6. The molecule has 0 aliphatic heterocycles. The summed E-state index contributed by atoms with van der Waals surface area (Å²) >= 11 is 0. The van der Waals surface area contributed by atoms with Crippen molar-refractivity contribution in [2.24, 2.45) is 17.8 Å². The van der Waals surface area contributed by atoms with Crippen molar-refractivity contribution in [3.63, 3.8) is 0 Å². The summed E-state index contributed by atoms with van der Waals surface area (Å²) in [5, 5.41) is 4.84. The highest BCUT2D eigenvalue weighted by Gasteiger charge is 2.37. The first-order chi connectivity index (χ1) is 25.1. The molecule has 1 aliphatic rings. The van der Waals surface area contributed by atoms with Crippen LogP contribution in [0.2, 0.25) is 0 Å². The number of nitrogens with zero attached hydrogens (tertiary/aromatic N) is 2. The quantitative estimate of drug-likeness (QED) is 0.120. The predicted octanol–water partition coefficient (Wildman–Crippen LogP) is 11.6. The number of hydrogen-bond acceptors (Lipinski definition) is 2. The van der Waals surface area contributed by atoms with Crippen molar-refractivity contribution in [2.75, 3.05) is 0 Å². The zero-order valence-corrected chi connectivity index (χ0v) is 28.4. The Balaban J connectivity index is 0.994. The average molecular weight is 663 g/mol. The Kier molecular flexibility index (Phi) is 7.66. The van der Waals surface area contributed by atoms with Gasteiger partial charge in [-0.25, -0.2) is 0 Å². The first kappa shape index (κ1) is 30.9. The van der Waals surface area contributed by atoms with E-state index in [0.29, 0.717) is 5.92 Å². The van der Waals surface area contributed by atoms with Crippen molar-refractivity contribution in [1.82, 2.24) is 9.13 Å². The zero-order valence-electron chi connectivity index (χ0n) is 28.4. The molecule has 1 saturated carbocycles. The fourth-order valence-corrected chi connectivity index (χ4v) is 8.29. The third-order valence-corrected chi connectivity index (χ3v) is 10.9. The lowest BCUT2D eigenvalue weighted by atomic mass is 9.96. The largest absolute Gasteiger partial charge is 0.461 e. The predicted molar refractivity (Wildman–Crippen MR) is 210 cm³/mol. The van der Waals surface area contributed by atoms with E-state index in [4.69, 9.17) is 4.74 Å². The highest BCUT2D eigenvalue weighted by atomic mass is 16.5. The monoisotopic (exact) mass is 662 g/mol. The molecule has 2 heterocycles. The Morgan fingerprint density at radius 1 is 0.588 bits per heavy atom. The average Bonchev–Trinajstić information content (AvgIpc) is 3.87. The zero-order chi connectivity index (χ0) is 34.5. The SMILES string of the molecule is C=CC1CC(C=C)C(C(=O)OCc2ccc3c(c2)c2ccccc2n3-c2ccc(-c3ccc(-n4c5ccccc5c5ccccc54)cc3)cc2)C1. The summed E-state index contributed by atoms with van der Waals surface area (Å²) in [5.41, 5.74) is 10.2. The molecular formula is C47H38N2O2. The van der Waals surface area contributed by atoms with Gasteiger partial charge in [0.15, 0.2) is 0 Å². The lowest BCUT2D eigenvalue weighted by molar-refractivity contribution is -0.150. The smallest absolute Gasteiger partial charge is 0.309 e. The van der Waals surface area contributed by atoms with Gasteiger partial charge in [0.2, 0.25) is 0 Å². The molecule has 4 heteroatoms. The van der Waals surface area contributed by atoms with Crippen LogP contribution in [0.1, 0.15) is 18.4 Å². The Bertz CT molecular complexity index is 2550. The summed E-state index contributed by atoms with van der Waals surface area (Å²) < 4.78 is 10.5. The molecule has 6 aromatic carbocycles. The number of para-hydroxylation sites is 3. The third kappa shape index (κ3) is 5.26. The summed E-state index contributed by atoms with van der Waals surface area (Å²) in [6, 6.07) is 49.8. The van der Waals surface area contributed by atoms with Gasteiger partial charge in [0, 0.05) is 32.9 Å². The van der Waals surface area contributed by atoms with Gasteiger partial charge in [0.25, 0.3) is 0 Å². The van der Waals surface area contributed by atoms with Gasteiger partial charge in [-0.3, -0.25) is 4.79 Å². The normalized spacial score (nSPS) is 17.4. The van der Waals surface area contributed by atoms with Crippen molar-refractivity contribution < 1.29 is 9.53 Å². The molecule has 0 N–H and O–H groups in total. The van der Waals surface area contributed by atoms with E-state index in [1.165, 1.54) is 32.8 Å². The number of allylic oxidation sites excluding steroid dienone is 2. The van der Waals surface area contributed by atoms with Crippen LogP contribution in [-0.4, -0.2) is 15.1 Å². The molecule has 248 valence electrons. The minimum absolute atomic E-state index is 0.137. The lowest BCUT2D eigenvalue weighted by Crippen LogP contribution is -2.20. The molecule has 2 aromatic heterocycles. The molecule has 1 fully saturated rings. The van der Waals surface area contributed by atoms with Crippen LogP contribution >= 0.6 is 0 Å². The second-order valence-corrected chi connectivity index (χ2v) is 13.7. The van der Waals surface area contributed by atoms with Crippen LogP contribution in [0.5, 0.6) is 0 Å². The molecular weight excluding hydrogens is 625 g/mol. The number of carbonyl (C=O) groups is 1. The molecule has 0 bridgehead atoms. The molecule has 1 aliphatic carbocycles. The molecule has 0 radical (unpaired) electrons. The Hall–Kier alpha value is -6.13. The number of aromatic nitrogens is 2. The fourth-order valence-electron chi connectivity index (χ4n) is 8.29. The highest BCUT2D eigenvalue weighted by Crippen LogP contribution is 2.39. The minimum Gasteiger partial charge on any atom is -0.461 e. The van der Waals surface area contributed by atoms with Gasteiger partial charge in [-0.15, -0.1) is 13.2 Å². The lowest BCUT2D eigenvalue weighted by Gasteiger charge is -2.15. The molecule has 3 unspecified atom stereocenters. The van der Waals surface area contributed by atoms with Crippen LogP contribution in [-0.2, 0) is 16.1 Å². The van der Waals surface area contributed by atoms with Crippen molar-refractivity contribution in [1.29, 1.82) is 0 Å². The van der Waals surface area contributed by atoms with E-state index in [9.17, 15) is 4.79 Å². The molecule has 51 heavy (non-hydrogen) atoms. The topological polar surface area (TPSA) is 36.2 Å². The maximum absolute atomic E-state index is 13.1. The minimum atomic E-state index is -0.155. The molecule has 0 spiro atoms. The number of ether oxygens (including phenoxy) is 1. The van der Waals surface area contributed by atoms with E-state index in [1.54, 1.807) is 0 Å². The molecule has 0 amide bonds. The summed E-state index contributed by atoms with van der Waals surface area (Å²) in [4.78, 5) is 13.1. The molecule has 3 atom stereocenters. The van der Waals surface area contributed by atoms with Crippen molar-refractivity contribution in [2.45, 2.75) is 19.4 Å². The van der Waals surface area contributed by atoms with E-state index in [1.807, 2.05) is 12.2 Å². The van der Waals surface area contributed by atoms with E-state index in [-0.39, 0.29) is 24.4 Å². The van der Waals surface area contributed by atoms with Crippen LogP contribution in [0.25, 0.3) is 66.1 Å². The number of esters is 1. The number of hydrogen-bond donors (Lipinski definition) is 0. The van der Waals surface area contributed by atoms with Crippen LogP contribution in [0, 0.1) is 17.8 Å². The van der Waals surface area contributed by atoms with E-state index >= 15 is 0 Å². The Labute approximate surface area is 297 Å². The van der Waals surface area contributed by atoms with Gasteiger partial charge in [0.05, 0.1) is 28.0 Å². The molecule has 8 aromatic rings. The highest BCUT2D eigenvalue weighted by molar-refractivity contribution is 6.10. The van der Waals surface area contributed by atoms with Crippen LogP contribution in [0.4, 0.5) is 0 Å². The summed E-state index contributed by atoms with van der Waals surface area (Å²) in [5.74, 6) is 0.170. The van der Waals surface area contributed by atoms with E-state index in [0.717, 1.165) is 51.8 Å². The van der Waals surface area contributed by atoms with Gasteiger partial charge in [-0.2, -0.15) is 0 Å². The summed E-state index contributed by atoms with van der Waals surface area (Å²) in [6.45, 7) is 8.14. The maximum Gasteiger partial charge on any atom is 0.309 e. The third-order valence-electron chi connectivity index (χ3n) is 10.9. The first-order valence-corrected chi connectivity index (χ1v) is 17.7. The summed E-state index contributed by atoms with van der Waals surface area (Å²) in [6.07, 6.45) is 5.53. The van der Waals surface area contributed by atoms with Gasteiger partial charge < -0.3 is 13.9 Å². The summed E-state index contributed by atoms with van der Waals surface area (Å²) in [7, 11) is 0. The van der Waals surface area contributed by atoms with Gasteiger partial charge in [0.1, 0.15) is 6.61 Å². The first-order valence-electron chi connectivity index (χ1n) is 17.7. The number of carbonyl (C=O) groups excluding carboxylic acids is 1. The van der Waals surface area contributed by atoms with Gasteiger partial charge in [-0.05, 0) is 96.0 Å². The van der Waals surface area contributed by atoms with Crippen molar-refractivity contribution >= 4 is 49.6 Å². The standard InChI is InChI=1S/C47H38N2O2/c1-3-31-27-33(4-2)41(28-31)47(50)51-30-32-17-26-46-42(29-32)40-13-7-10-16-45(40)49(46)37-24-20-35(21-25-37)34-18-22-36(23-19-34)48-43-14-8-5-11-38(43)39-12-6-9-15-44(39)48/h3-26,29,31,33,41H,1-2,27-28,30H2. The molecule has 0 saturated heterocycles. The van der Waals surface area contributed by atoms with E-state index < -0.39 is 0 Å². The van der Waals surface area contributed by atoms with E-state index in [2.05, 4.69) is 162 Å².